The summed E-state index contributed by atoms with van der Waals surface area (Å²) in [7, 11) is -1.69. The van der Waals surface area contributed by atoms with Crippen LogP contribution in [0.2, 0.25) is 0 Å². The second-order valence-corrected chi connectivity index (χ2v) is 6.92. The lowest BCUT2D eigenvalue weighted by Gasteiger charge is -2.34. The van der Waals surface area contributed by atoms with Crippen LogP contribution in [0.15, 0.2) is 11.1 Å². The summed E-state index contributed by atoms with van der Waals surface area (Å²) in [5.74, 6) is 0.186. The molecule has 1 saturated heterocycles. The van der Waals surface area contributed by atoms with Gasteiger partial charge in [0, 0.05) is 26.2 Å². The van der Waals surface area contributed by atoms with E-state index in [-0.39, 0.29) is 12.0 Å². The van der Waals surface area contributed by atoms with Crippen LogP contribution in [0.4, 0.5) is 0 Å². The minimum absolute atomic E-state index is 0.0893. The molecule has 2 heterocycles. The van der Waals surface area contributed by atoms with Crippen molar-refractivity contribution >= 4 is 10.0 Å². The maximum absolute atomic E-state index is 12.5. The third-order valence-electron chi connectivity index (χ3n) is 3.74. The van der Waals surface area contributed by atoms with E-state index < -0.39 is 10.0 Å². The van der Waals surface area contributed by atoms with Gasteiger partial charge >= 0.3 is 0 Å². The Kier molecular flexibility index (Phi) is 3.48. The standard InChI is InChI=1S/C11H20N4O2S/c1-8-7-15(5-4-10(8)12)18(16,17)11-6-13-14(3)9(11)2/h6,8,10H,4-5,7,12H2,1-3H3. The van der Waals surface area contributed by atoms with Gasteiger partial charge in [-0.25, -0.2) is 8.42 Å². The summed E-state index contributed by atoms with van der Waals surface area (Å²) >= 11 is 0. The summed E-state index contributed by atoms with van der Waals surface area (Å²) in [6, 6.07) is 0.0893. The Morgan fingerprint density at radius 2 is 2.17 bits per heavy atom. The van der Waals surface area contributed by atoms with E-state index in [4.69, 9.17) is 5.73 Å². The molecule has 0 aliphatic carbocycles. The number of nitrogens with two attached hydrogens (primary N) is 1. The molecular weight excluding hydrogens is 252 g/mol. The van der Waals surface area contributed by atoms with Gasteiger partial charge in [0.15, 0.2) is 0 Å². The van der Waals surface area contributed by atoms with E-state index in [2.05, 4.69) is 5.10 Å². The zero-order chi connectivity index (χ0) is 13.5. The SMILES string of the molecule is Cc1c(S(=O)(=O)N2CCC(N)C(C)C2)cnn1C. The van der Waals surface area contributed by atoms with Gasteiger partial charge in [0.1, 0.15) is 4.90 Å². The first-order valence-electron chi connectivity index (χ1n) is 6.08. The molecule has 7 heteroatoms. The number of hydrogen-bond donors (Lipinski definition) is 1. The van der Waals surface area contributed by atoms with Gasteiger partial charge in [0.25, 0.3) is 0 Å². The number of nitrogens with zero attached hydrogens (tertiary/aromatic N) is 3. The highest BCUT2D eigenvalue weighted by atomic mass is 32.2. The van der Waals surface area contributed by atoms with Crippen LogP contribution >= 0.6 is 0 Å². The lowest BCUT2D eigenvalue weighted by molar-refractivity contribution is 0.250. The first kappa shape index (κ1) is 13.5. The van der Waals surface area contributed by atoms with Crippen molar-refractivity contribution in [2.24, 2.45) is 18.7 Å². The number of aromatic nitrogens is 2. The normalized spacial score (nSPS) is 26.4. The van der Waals surface area contributed by atoms with Crippen LogP contribution in [0.5, 0.6) is 0 Å². The summed E-state index contributed by atoms with van der Waals surface area (Å²) < 4.78 is 28.1. The highest BCUT2D eigenvalue weighted by molar-refractivity contribution is 7.89. The zero-order valence-electron chi connectivity index (χ0n) is 11.0. The van der Waals surface area contributed by atoms with Gasteiger partial charge < -0.3 is 5.73 Å². The quantitative estimate of drug-likeness (QED) is 0.827. The average Bonchev–Trinajstić information content (AvgIpc) is 2.64. The van der Waals surface area contributed by atoms with Crippen LogP contribution < -0.4 is 5.73 Å². The van der Waals surface area contributed by atoms with Crippen molar-refractivity contribution in [2.45, 2.75) is 31.2 Å². The molecule has 0 spiro atoms. The van der Waals surface area contributed by atoms with E-state index >= 15 is 0 Å². The summed E-state index contributed by atoms with van der Waals surface area (Å²) in [6.07, 6.45) is 2.13. The van der Waals surface area contributed by atoms with E-state index in [9.17, 15) is 8.42 Å². The monoisotopic (exact) mass is 272 g/mol. The Balaban J connectivity index is 2.30. The van der Waals surface area contributed by atoms with Crippen molar-refractivity contribution in [1.29, 1.82) is 0 Å². The molecule has 6 nitrogen and oxygen atoms in total. The molecule has 1 aliphatic rings. The molecule has 2 atom stereocenters. The van der Waals surface area contributed by atoms with Crippen LogP contribution in [-0.4, -0.2) is 41.6 Å². The number of rotatable bonds is 2. The predicted octanol–water partition coefficient (Wildman–Crippen LogP) is 0.0863. The van der Waals surface area contributed by atoms with Gasteiger partial charge in [-0.2, -0.15) is 9.40 Å². The Morgan fingerprint density at radius 3 is 2.67 bits per heavy atom. The van der Waals surface area contributed by atoms with E-state index in [1.807, 2.05) is 6.92 Å². The molecule has 0 saturated carbocycles. The van der Waals surface area contributed by atoms with Crippen molar-refractivity contribution in [3.8, 4) is 0 Å². The number of piperidine rings is 1. The molecule has 2 rings (SSSR count). The lowest BCUT2D eigenvalue weighted by Crippen LogP contribution is -2.48. The van der Waals surface area contributed by atoms with Crippen molar-refractivity contribution in [1.82, 2.24) is 14.1 Å². The minimum Gasteiger partial charge on any atom is -0.327 e. The molecule has 1 fully saturated rings. The van der Waals surface area contributed by atoms with Crippen molar-refractivity contribution in [2.75, 3.05) is 13.1 Å². The van der Waals surface area contributed by atoms with E-state index in [0.29, 0.717) is 30.1 Å². The van der Waals surface area contributed by atoms with Crippen molar-refractivity contribution in [3.05, 3.63) is 11.9 Å². The van der Waals surface area contributed by atoms with Gasteiger partial charge in [-0.3, -0.25) is 4.68 Å². The summed E-state index contributed by atoms with van der Waals surface area (Å²) in [4.78, 5) is 0.299. The molecular formula is C11H20N4O2S. The van der Waals surface area contributed by atoms with Gasteiger partial charge in [-0.15, -0.1) is 0 Å². The second kappa shape index (κ2) is 4.64. The Hall–Kier alpha value is -0.920. The largest absolute Gasteiger partial charge is 0.327 e. The maximum atomic E-state index is 12.5. The van der Waals surface area contributed by atoms with Gasteiger partial charge in [-0.05, 0) is 19.3 Å². The highest BCUT2D eigenvalue weighted by Gasteiger charge is 2.33. The Labute approximate surface area is 108 Å². The maximum Gasteiger partial charge on any atom is 0.246 e. The van der Waals surface area contributed by atoms with Crippen LogP contribution in [0, 0.1) is 12.8 Å². The molecule has 1 aliphatic heterocycles. The number of hydrogen-bond acceptors (Lipinski definition) is 4. The first-order valence-corrected chi connectivity index (χ1v) is 7.52. The molecule has 1 aromatic heterocycles. The second-order valence-electron chi connectivity index (χ2n) is 5.01. The highest BCUT2D eigenvalue weighted by Crippen LogP contribution is 2.24. The van der Waals surface area contributed by atoms with E-state index in [0.717, 1.165) is 0 Å². The fourth-order valence-electron chi connectivity index (χ4n) is 2.21. The smallest absolute Gasteiger partial charge is 0.246 e. The topological polar surface area (TPSA) is 81.2 Å². The van der Waals surface area contributed by atoms with Crippen LogP contribution in [0.3, 0.4) is 0 Å². The Bertz CT molecular complexity index is 537. The number of aryl methyl sites for hydroxylation is 1. The van der Waals surface area contributed by atoms with Crippen molar-refractivity contribution < 1.29 is 8.42 Å². The average molecular weight is 272 g/mol. The van der Waals surface area contributed by atoms with Gasteiger partial charge in [0.2, 0.25) is 10.0 Å². The summed E-state index contributed by atoms with van der Waals surface area (Å²) in [6.45, 7) is 4.72. The lowest BCUT2D eigenvalue weighted by atomic mass is 9.96. The molecule has 0 aromatic carbocycles. The van der Waals surface area contributed by atoms with Crippen molar-refractivity contribution in [3.63, 3.8) is 0 Å². The first-order chi connectivity index (χ1) is 8.34. The molecule has 0 amide bonds. The molecule has 18 heavy (non-hydrogen) atoms. The third kappa shape index (κ3) is 2.17. The van der Waals surface area contributed by atoms with Gasteiger partial charge in [0.05, 0.1) is 11.9 Å². The third-order valence-corrected chi connectivity index (χ3v) is 5.71. The summed E-state index contributed by atoms with van der Waals surface area (Å²) in [5.41, 5.74) is 6.58. The fourth-order valence-corrected chi connectivity index (χ4v) is 3.96. The Morgan fingerprint density at radius 1 is 1.50 bits per heavy atom. The zero-order valence-corrected chi connectivity index (χ0v) is 11.8. The van der Waals surface area contributed by atoms with Crippen LogP contribution in [0.1, 0.15) is 19.0 Å². The fraction of sp³-hybridized carbons (Fsp3) is 0.727. The number of sulfonamides is 1. The molecule has 0 radical (unpaired) electrons. The predicted molar refractivity (Wildman–Crippen MR) is 68.5 cm³/mol. The molecule has 1 aromatic rings. The summed E-state index contributed by atoms with van der Waals surface area (Å²) in [5, 5.41) is 4.00. The minimum atomic E-state index is -3.43. The molecule has 102 valence electrons. The van der Waals surface area contributed by atoms with Crippen LogP contribution in [0.25, 0.3) is 0 Å². The van der Waals surface area contributed by atoms with E-state index in [1.165, 1.54) is 10.5 Å². The van der Waals surface area contributed by atoms with E-state index in [1.54, 1.807) is 18.7 Å². The molecule has 2 N–H and O–H groups in total. The van der Waals surface area contributed by atoms with Crippen LogP contribution in [-0.2, 0) is 17.1 Å². The molecule has 2 unspecified atom stereocenters. The molecule has 0 bridgehead atoms. The van der Waals surface area contributed by atoms with Gasteiger partial charge in [-0.1, -0.05) is 6.92 Å².